The fourth-order valence-corrected chi connectivity index (χ4v) is 3.32. The normalized spacial score (nSPS) is 36.0. The van der Waals surface area contributed by atoms with Crippen LogP contribution in [0.2, 0.25) is 0 Å². The molecule has 0 spiro atoms. The minimum atomic E-state index is 0.324. The first-order valence-corrected chi connectivity index (χ1v) is 7.35. The van der Waals surface area contributed by atoms with E-state index in [1.54, 1.807) is 0 Å². The molecule has 0 bridgehead atoms. The van der Waals surface area contributed by atoms with Crippen LogP contribution in [0.25, 0.3) is 0 Å². The predicted octanol–water partition coefficient (Wildman–Crippen LogP) is 1.47. The molecule has 0 radical (unpaired) electrons. The number of hydrogen-bond donors (Lipinski definition) is 2. The van der Waals surface area contributed by atoms with Crippen LogP contribution in [-0.2, 0) is 0 Å². The van der Waals surface area contributed by atoms with Gasteiger partial charge in [-0.1, -0.05) is 19.8 Å². The van der Waals surface area contributed by atoms with Gasteiger partial charge in [-0.25, -0.2) is 0 Å². The molecule has 1 atom stereocenters. The van der Waals surface area contributed by atoms with E-state index < -0.39 is 0 Å². The van der Waals surface area contributed by atoms with Gasteiger partial charge in [0, 0.05) is 38.8 Å². The van der Waals surface area contributed by atoms with Crippen molar-refractivity contribution < 1.29 is 5.11 Å². The summed E-state index contributed by atoms with van der Waals surface area (Å²) in [5.41, 5.74) is 0. The average Bonchev–Trinajstić information content (AvgIpc) is 2.35. The molecule has 1 saturated carbocycles. The van der Waals surface area contributed by atoms with Gasteiger partial charge < -0.3 is 10.4 Å². The van der Waals surface area contributed by atoms with Crippen molar-refractivity contribution in [2.24, 2.45) is 11.8 Å². The highest BCUT2D eigenvalue weighted by atomic mass is 16.3. The molecule has 0 aromatic carbocycles. The van der Waals surface area contributed by atoms with E-state index in [0.29, 0.717) is 12.6 Å². The quantitative estimate of drug-likeness (QED) is 0.781. The zero-order chi connectivity index (χ0) is 12.1. The highest BCUT2D eigenvalue weighted by Gasteiger charge is 2.26. The van der Waals surface area contributed by atoms with Gasteiger partial charge in [-0.05, 0) is 31.1 Å². The molecule has 3 nitrogen and oxygen atoms in total. The van der Waals surface area contributed by atoms with E-state index in [1.165, 1.54) is 32.2 Å². The molecule has 1 heterocycles. The molecular weight excluding hydrogens is 212 g/mol. The van der Waals surface area contributed by atoms with Crippen LogP contribution in [0.3, 0.4) is 0 Å². The van der Waals surface area contributed by atoms with E-state index in [-0.39, 0.29) is 0 Å². The number of nitrogens with one attached hydrogen (secondary N) is 1. The molecule has 100 valence electrons. The van der Waals surface area contributed by atoms with Crippen LogP contribution < -0.4 is 5.32 Å². The number of nitrogens with zero attached hydrogens (tertiary/aromatic N) is 1. The van der Waals surface area contributed by atoms with Crippen molar-refractivity contribution in [3.63, 3.8) is 0 Å². The Morgan fingerprint density at radius 2 is 2.00 bits per heavy atom. The SMILES string of the molecule is CC1CCC(CN2CCNC[C@@H]2CCO)CC1. The fourth-order valence-electron chi connectivity index (χ4n) is 3.32. The Bertz CT molecular complexity index is 212. The first-order chi connectivity index (χ1) is 8.29. The molecule has 2 rings (SSSR count). The summed E-state index contributed by atoms with van der Waals surface area (Å²) >= 11 is 0. The monoisotopic (exact) mass is 240 g/mol. The third-order valence-electron chi connectivity index (χ3n) is 4.56. The molecule has 2 fully saturated rings. The molecule has 17 heavy (non-hydrogen) atoms. The minimum absolute atomic E-state index is 0.324. The highest BCUT2D eigenvalue weighted by Crippen LogP contribution is 2.29. The second-order valence-corrected chi connectivity index (χ2v) is 5.99. The molecule has 0 aromatic heterocycles. The second-order valence-electron chi connectivity index (χ2n) is 5.99. The van der Waals surface area contributed by atoms with Crippen LogP contribution in [0.4, 0.5) is 0 Å². The topological polar surface area (TPSA) is 35.5 Å². The van der Waals surface area contributed by atoms with Crippen LogP contribution in [0.15, 0.2) is 0 Å². The van der Waals surface area contributed by atoms with Crippen LogP contribution in [0.1, 0.15) is 39.0 Å². The first kappa shape index (κ1) is 13.3. The minimum Gasteiger partial charge on any atom is -0.396 e. The Balaban J connectivity index is 1.79. The van der Waals surface area contributed by atoms with Gasteiger partial charge in [0.2, 0.25) is 0 Å². The lowest BCUT2D eigenvalue weighted by Crippen LogP contribution is -2.53. The smallest absolute Gasteiger partial charge is 0.0446 e. The van der Waals surface area contributed by atoms with Gasteiger partial charge in [0.1, 0.15) is 0 Å². The molecule has 1 aliphatic carbocycles. The summed E-state index contributed by atoms with van der Waals surface area (Å²) in [5, 5.41) is 12.6. The van der Waals surface area contributed by atoms with Crippen LogP contribution >= 0.6 is 0 Å². The van der Waals surface area contributed by atoms with Crippen molar-refractivity contribution in [1.29, 1.82) is 0 Å². The Hall–Kier alpha value is -0.120. The van der Waals surface area contributed by atoms with Crippen molar-refractivity contribution in [2.75, 3.05) is 32.8 Å². The molecule has 1 saturated heterocycles. The van der Waals surface area contributed by atoms with E-state index >= 15 is 0 Å². The van der Waals surface area contributed by atoms with E-state index in [4.69, 9.17) is 5.11 Å². The number of piperazine rings is 1. The van der Waals surface area contributed by atoms with Crippen LogP contribution in [0, 0.1) is 11.8 Å². The molecule has 2 N–H and O–H groups in total. The van der Waals surface area contributed by atoms with Gasteiger partial charge in [0.25, 0.3) is 0 Å². The fraction of sp³-hybridized carbons (Fsp3) is 1.00. The van der Waals surface area contributed by atoms with Gasteiger partial charge in [0.05, 0.1) is 0 Å². The van der Waals surface area contributed by atoms with Crippen LogP contribution in [-0.4, -0.2) is 48.8 Å². The van der Waals surface area contributed by atoms with Gasteiger partial charge >= 0.3 is 0 Å². The maximum atomic E-state index is 9.12. The molecular formula is C14H28N2O. The lowest BCUT2D eigenvalue weighted by Gasteiger charge is -2.39. The van der Waals surface area contributed by atoms with Crippen molar-refractivity contribution in [3.05, 3.63) is 0 Å². The van der Waals surface area contributed by atoms with Gasteiger partial charge in [0.15, 0.2) is 0 Å². The molecule has 0 aromatic rings. The third kappa shape index (κ3) is 3.94. The van der Waals surface area contributed by atoms with Crippen molar-refractivity contribution in [2.45, 2.75) is 45.1 Å². The van der Waals surface area contributed by atoms with Gasteiger partial charge in [-0.15, -0.1) is 0 Å². The Morgan fingerprint density at radius 3 is 2.71 bits per heavy atom. The molecule has 0 unspecified atom stereocenters. The maximum Gasteiger partial charge on any atom is 0.0446 e. The molecule has 2 aliphatic rings. The number of rotatable bonds is 4. The largest absolute Gasteiger partial charge is 0.396 e. The van der Waals surface area contributed by atoms with Crippen LogP contribution in [0.5, 0.6) is 0 Å². The number of aliphatic hydroxyl groups is 1. The zero-order valence-electron chi connectivity index (χ0n) is 11.2. The highest BCUT2D eigenvalue weighted by molar-refractivity contribution is 4.82. The number of hydrogen-bond acceptors (Lipinski definition) is 3. The van der Waals surface area contributed by atoms with Crippen molar-refractivity contribution in [3.8, 4) is 0 Å². The summed E-state index contributed by atoms with van der Waals surface area (Å²) in [6, 6.07) is 0.563. The Morgan fingerprint density at radius 1 is 1.24 bits per heavy atom. The first-order valence-electron chi connectivity index (χ1n) is 7.35. The second kappa shape index (κ2) is 6.72. The van der Waals surface area contributed by atoms with Crippen molar-refractivity contribution in [1.82, 2.24) is 10.2 Å². The van der Waals surface area contributed by atoms with E-state index in [9.17, 15) is 0 Å². The zero-order valence-corrected chi connectivity index (χ0v) is 11.2. The Kier molecular flexibility index (Phi) is 5.26. The lowest BCUT2D eigenvalue weighted by molar-refractivity contribution is 0.0982. The van der Waals surface area contributed by atoms with E-state index in [2.05, 4.69) is 17.1 Å². The summed E-state index contributed by atoms with van der Waals surface area (Å²) in [5.74, 6) is 1.85. The van der Waals surface area contributed by atoms with Gasteiger partial charge in [-0.3, -0.25) is 4.90 Å². The maximum absolute atomic E-state index is 9.12. The summed E-state index contributed by atoms with van der Waals surface area (Å²) < 4.78 is 0. The summed E-state index contributed by atoms with van der Waals surface area (Å²) in [7, 11) is 0. The summed E-state index contributed by atoms with van der Waals surface area (Å²) in [6.45, 7) is 7.31. The third-order valence-corrected chi connectivity index (χ3v) is 4.56. The molecule has 3 heteroatoms. The van der Waals surface area contributed by atoms with Gasteiger partial charge in [-0.2, -0.15) is 0 Å². The standard InChI is InChI=1S/C14H28N2O/c1-12-2-4-13(5-3-12)11-16-8-7-15-10-14(16)6-9-17/h12-15,17H,2-11H2,1H3/t12?,13?,14-/m0/s1. The summed E-state index contributed by atoms with van der Waals surface area (Å²) in [4.78, 5) is 2.62. The van der Waals surface area contributed by atoms with Crippen molar-refractivity contribution >= 4 is 0 Å². The Labute approximate surface area is 106 Å². The van der Waals surface area contributed by atoms with E-state index in [1.807, 2.05) is 0 Å². The average molecular weight is 240 g/mol. The molecule has 0 amide bonds. The summed E-state index contributed by atoms with van der Waals surface area (Å²) in [6.07, 6.45) is 6.59. The predicted molar refractivity (Wildman–Crippen MR) is 71.1 cm³/mol. The molecule has 1 aliphatic heterocycles. The lowest BCUT2D eigenvalue weighted by atomic mass is 9.82. The number of aliphatic hydroxyl groups excluding tert-OH is 1. The van der Waals surface area contributed by atoms with E-state index in [0.717, 1.165) is 37.9 Å².